The number of hydrogen-bond acceptors (Lipinski definition) is 7. The molecule has 0 atom stereocenters. The van der Waals surface area contributed by atoms with Crippen LogP contribution in [-0.2, 0) is 26.1 Å². The first-order chi connectivity index (χ1) is 20.2. The molecule has 3 aliphatic rings. The van der Waals surface area contributed by atoms with Gasteiger partial charge in [-0.15, -0.1) is 6.58 Å². The van der Waals surface area contributed by atoms with E-state index in [9.17, 15) is 18.0 Å². The average Bonchev–Trinajstić information content (AvgIpc) is 2.92. The van der Waals surface area contributed by atoms with Crippen molar-refractivity contribution >= 4 is 21.7 Å². The van der Waals surface area contributed by atoms with Gasteiger partial charge in [0.15, 0.2) is 23.1 Å². The minimum Gasteiger partial charge on any atom is -0.493 e. The van der Waals surface area contributed by atoms with E-state index in [1.165, 1.54) is 19.2 Å². The maximum Gasteiger partial charge on any atom is 0.339 e. The SMILES string of the molecule is C=CCc1cc(C2C3=C(CC(C)(C)CC3=O)N(CC)C3=C2C(=O)CC(C)(C)C3)cc(OC)c1OS(=O)(=O)c1ccccc1. The van der Waals surface area contributed by atoms with Crippen LogP contribution in [0.4, 0.5) is 0 Å². The van der Waals surface area contributed by atoms with Gasteiger partial charge in [-0.25, -0.2) is 0 Å². The molecule has 7 nitrogen and oxygen atoms in total. The van der Waals surface area contributed by atoms with E-state index >= 15 is 0 Å². The van der Waals surface area contributed by atoms with Crippen molar-refractivity contribution in [3.8, 4) is 11.5 Å². The second-order valence-electron chi connectivity index (χ2n) is 13.3. The Hall–Kier alpha value is -3.65. The van der Waals surface area contributed by atoms with Gasteiger partial charge in [0.1, 0.15) is 4.90 Å². The Labute approximate surface area is 255 Å². The van der Waals surface area contributed by atoms with Crippen LogP contribution in [0.5, 0.6) is 11.5 Å². The minimum absolute atomic E-state index is 0.0213. The van der Waals surface area contributed by atoms with E-state index < -0.39 is 16.0 Å². The standard InChI is InChI=1S/C35H41NO6S/c1-8-13-22-16-23(17-29(41-7)33(22)42-43(39,40)24-14-11-10-12-15-24)30-31-25(18-34(3,4)20-27(31)37)36(9-2)26-19-35(5,6)21-28(38)32(26)30/h8,10-12,14-17,30H,1,9,13,18-21H2,2-7H3. The highest BCUT2D eigenvalue weighted by Crippen LogP contribution is 2.55. The third kappa shape index (κ3) is 5.69. The van der Waals surface area contributed by atoms with Gasteiger partial charge in [0.25, 0.3) is 0 Å². The highest BCUT2D eigenvalue weighted by molar-refractivity contribution is 7.87. The summed E-state index contributed by atoms with van der Waals surface area (Å²) in [4.78, 5) is 30.2. The molecule has 2 aromatic rings. The van der Waals surface area contributed by atoms with E-state index in [0.717, 1.165) is 24.2 Å². The normalized spacial score (nSPS) is 20.1. The zero-order chi connectivity index (χ0) is 31.3. The zero-order valence-corrected chi connectivity index (χ0v) is 26.8. The topological polar surface area (TPSA) is 90.0 Å². The first kappa shape index (κ1) is 30.8. The molecule has 0 spiro atoms. The second-order valence-corrected chi connectivity index (χ2v) is 14.9. The summed E-state index contributed by atoms with van der Waals surface area (Å²) in [5, 5.41) is 0. The third-order valence-electron chi connectivity index (χ3n) is 8.63. The smallest absolute Gasteiger partial charge is 0.339 e. The second kappa shape index (κ2) is 11.1. The highest BCUT2D eigenvalue weighted by Gasteiger charge is 2.49. The zero-order valence-electron chi connectivity index (χ0n) is 26.0. The lowest BCUT2D eigenvalue weighted by Gasteiger charge is -2.49. The Balaban J connectivity index is 1.74. The largest absolute Gasteiger partial charge is 0.493 e. The molecular formula is C35H41NO6S. The van der Waals surface area contributed by atoms with Crippen LogP contribution in [0, 0.1) is 10.8 Å². The number of rotatable bonds is 8. The van der Waals surface area contributed by atoms with E-state index in [2.05, 4.69) is 46.1 Å². The number of ketones is 2. The number of carbonyl (C=O) groups is 2. The van der Waals surface area contributed by atoms with Gasteiger partial charge in [-0.2, -0.15) is 8.42 Å². The molecule has 5 rings (SSSR count). The Morgan fingerprint density at radius 2 is 1.49 bits per heavy atom. The molecule has 0 radical (unpaired) electrons. The van der Waals surface area contributed by atoms with E-state index in [-0.39, 0.29) is 45.2 Å². The summed E-state index contributed by atoms with van der Waals surface area (Å²) in [6.07, 6.45) is 4.16. The van der Waals surface area contributed by atoms with E-state index in [1.807, 2.05) is 6.07 Å². The highest BCUT2D eigenvalue weighted by atomic mass is 32.2. The number of methoxy groups -OCH3 is 1. The van der Waals surface area contributed by atoms with Crippen molar-refractivity contribution in [2.45, 2.75) is 77.5 Å². The van der Waals surface area contributed by atoms with Crippen LogP contribution < -0.4 is 8.92 Å². The predicted molar refractivity (Wildman–Crippen MR) is 166 cm³/mol. The molecule has 0 fully saturated rings. The molecule has 0 saturated carbocycles. The Kier molecular flexibility index (Phi) is 7.97. The number of benzene rings is 2. The van der Waals surface area contributed by atoms with Crippen molar-refractivity contribution < 1.29 is 26.9 Å². The molecule has 2 aromatic carbocycles. The molecule has 43 heavy (non-hydrogen) atoms. The molecule has 0 bridgehead atoms. The number of ether oxygens (including phenoxy) is 1. The molecule has 1 aliphatic heterocycles. The molecule has 0 amide bonds. The van der Waals surface area contributed by atoms with Gasteiger partial charge in [-0.3, -0.25) is 9.59 Å². The van der Waals surface area contributed by atoms with Crippen molar-refractivity contribution in [3.63, 3.8) is 0 Å². The fourth-order valence-corrected chi connectivity index (χ4v) is 7.91. The van der Waals surface area contributed by atoms with Crippen molar-refractivity contribution in [3.05, 3.63) is 88.8 Å². The maximum absolute atomic E-state index is 14.0. The molecule has 8 heteroatoms. The van der Waals surface area contributed by atoms with Gasteiger partial charge >= 0.3 is 10.1 Å². The summed E-state index contributed by atoms with van der Waals surface area (Å²) in [5.41, 5.74) is 4.09. The first-order valence-electron chi connectivity index (χ1n) is 14.8. The predicted octanol–water partition coefficient (Wildman–Crippen LogP) is 6.90. The Morgan fingerprint density at radius 1 is 0.930 bits per heavy atom. The average molecular weight is 604 g/mol. The Bertz CT molecular complexity index is 1610. The van der Waals surface area contributed by atoms with Crippen LogP contribution in [0.15, 0.2) is 82.6 Å². The number of allylic oxidation sites excluding steroid dienone is 5. The van der Waals surface area contributed by atoms with Crippen LogP contribution >= 0.6 is 0 Å². The molecule has 0 aromatic heterocycles. The van der Waals surface area contributed by atoms with Crippen LogP contribution in [0.1, 0.15) is 77.3 Å². The van der Waals surface area contributed by atoms with Gasteiger partial charge in [-0.05, 0) is 60.8 Å². The summed E-state index contributed by atoms with van der Waals surface area (Å²) >= 11 is 0. The Morgan fingerprint density at radius 3 is 1.98 bits per heavy atom. The third-order valence-corrected chi connectivity index (χ3v) is 9.87. The number of hydrogen-bond donors (Lipinski definition) is 0. The number of Topliss-reactive ketones (excluding diaryl/α,β-unsaturated/α-hetero) is 2. The summed E-state index contributed by atoms with van der Waals surface area (Å²) in [6, 6.07) is 11.5. The van der Waals surface area contributed by atoms with Gasteiger partial charge < -0.3 is 13.8 Å². The monoisotopic (exact) mass is 603 g/mol. The van der Waals surface area contributed by atoms with Crippen molar-refractivity contribution in [1.82, 2.24) is 4.90 Å². The summed E-state index contributed by atoms with van der Waals surface area (Å²) in [7, 11) is -2.71. The van der Waals surface area contributed by atoms with E-state index in [0.29, 0.717) is 41.7 Å². The van der Waals surface area contributed by atoms with E-state index in [1.54, 1.807) is 30.3 Å². The molecule has 0 N–H and O–H groups in total. The van der Waals surface area contributed by atoms with Gasteiger partial charge in [0, 0.05) is 53.4 Å². The number of carbonyl (C=O) groups excluding carboxylic acids is 2. The summed E-state index contributed by atoms with van der Waals surface area (Å²) < 4.78 is 38.0. The molecule has 1 heterocycles. The first-order valence-corrected chi connectivity index (χ1v) is 16.2. The molecular weight excluding hydrogens is 562 g/mol. The van der Waals surface area contributed by atoms with Gasteiger partial charge in [0.05, 0.1) is 7.11 Å². The van der Waals surface area contributed by atoms with Crippen LogP contribution in [0.25, 0.3) is 0 Å². The van der Waals surface area contributed by atoms with Gasteiger partial charge in [0.2, 0.25) is 0 Å². The van der Waals surface area contributed by atoms with Crippen LogP contribution in [0.3, 0.4) is 0 Å². The lowest BCUT2D eigenvalue weighted by Crippen LogP contribution is -2.44. The van der Waals surface area contributed by atoms with E-state index in [4.69, 9.17) is 8.92 Å². The number of nitrogens with zero attached hydrogens (tertiary/aromatic N) is 1. The fraction of sp³-hybridized carbons (Fsp3) is 0.429. The maximum atomic E-state index is 14.0. The molecule has 0 unspecified atom stereocenters. The molecule has 228 valence electrons. The van der Waals surface area contributed by atoms with Crippen molar-refractivity contribution in [1.29, 1.82) is 0 Å². The fourth-order valence-electron chi connectivity index (χ4n) is 6.91. The van der Waals surface area contributed by atoms with Crippen molar-refractivity contribution in [2.75, 3.05) is 13.7 Å². The van der Waals surface area contributed by atoms with Crippen LogP contribution in [-0.4, -0.2) is 38.5 Å². The summed E-state index contributed by atoms with van der Waals surface area (Å²) in [6.45, 7) is 15.1. The van der Waals surface area contributed by atoms with Gasteiger partial charge in [-0.1, -0.05) is 58.0 Å². The van der Waals surface area contributed by atoms with Crippen molar-refractivity contribution in [2.24, 2.45) is 10.8 Å². The molecule has 0 saturated heterocycles. The summed E-state index contributed by atoms with van der Waals surface area (Å²) in [5.74, 6) is -0.234. The quantitative estimate of drug-likeness (QED) is 0.240. The minimum atomic E-state index is -4.16. The lowest BCUT2D eigenvalue weighted by atomic mass is 9.63. The lowest BCUT2D eigenvalue weighted by molar-refractivity contribution is -0.119. The molecule has 2 aliphatic carbocycles. The van der Waals surface area contributed by atoms with Crippen LogP contribution in [0.2, 0.25) is 0 Å².